The molecule has 1 fully saturated rings. The molecule has 9 nitrogen and oxygen atoms in total. The van der Waals surface area contributed by atoms with Crippen LogP contribution in [0.15, 0.2) is 49.2 Å². The lowest BCUT2D eigenvalue weighted by Crippen LogP contribution is -2.37. The molecule has 4 heterocycles. The number of hydrogen-bond donors (Lipinski definition) is 2. The fourth-order valence-electron chi connectivity index (χ4n) is 5.37. The number of benzene rings is 1. The van der Waals surface area contributed by atoms with Crippen molar-refractivity contribution >= 4 is 22.6 Å². The summed E-state index contributed by atoms with van der Waals surface area (Å²) in [6.45, 7) is 3.72. The van der Waals surface area contributed by atoms with E-state index in [1.165, 1.54) is 13.4 Å². The summed E-state index contributed by atoms with van der Waals surface area (Å²) in [6, 6.07) is 7.24. The van der Waals surface area contributed by atoms with Gasteiger partial charge in [0.05, 0.1) is 29.5 Å². The summed E-state index contributed by atoms with van der Waals surface area (Å²) in [4.78, 5) is 36.2. The van der Waals surface area contributed by atoms with Crippen LogP contribution in [0.3, 0.4) is 0 Å². The maximum atomic E-state index is 14.4. The quantitative estimate of drug-likeness (QED) is 0.279. The van der Waals surface area contributed by atoms with Crippen molar-refractivity contribution in [3.63, 3.8) is 0 Å². The summed E-state index contributed by atoms with van der Waals surface area (Å²) in [5.74, 6) is 0.539. The van der Waals surface area contributed by atoms with Gasteiger partial charge in [-0.1, -0.05) is 25.1 Å². The molecule has 1 aromatic carbocycles. The number of hydrogen-bond acceptors (Lipinski definition) is 8. The van der Waals surface area contributed by atoms with Gasteiger partial charge in [-0.05, 0) is 37.4 Å². The molecule has 1 atom stereocenters. The van der Waals surface area contributed by atoms with Gasteiger partial charge < -0.3 is 10.6 Å². The molecular weight excluding hydrogens is 545 g/mol. The highest BCUT2D eigenvalue weighted by molar-refractivity contribution is 6.06. The predicted molar refractivity (Wildman–Crippen MR) is 154 cm³/mol. The third-order valence-electron chi connectivity index (χ3n) is 7.70. The van der Waals surface area contributed by atoms with Crippen molar-refractivity contribution in [2.24, 2.45) is 5.92 Å². The van der Waals surface area contributed by atoms with Crippen molar-refractivity contribution in [2.45, 2.75) is 38.5 Å². The van der Waals surface area contributed by atoms with Gasteiger partial charge in [0.25, 0.3) is 12.3 Å². The Morgan fingerprint density at radius 3 is 2.55 bits per heavy atom. The van der Waals surface area contributed by atoms with Gasteiger partial charge in [-0.3, -0.25) is 14.7 Å². The zero-order chi connectivity index (χ0) is 29.6. The summed E-state index contributed by atoms with van der Waals surface area (Å²) >= 11 is 0. The third kappa shape index (κ3) is 6.81. The first-order valence-electron chi connectivity index (χ1n) is 14.0. The summed E-state index contributed by atoms with van der Waals surface area (Å²) in [5.41, 5.74) is 2.86. The highest BCUT2D eigenvalue weighted by Crippen LogP contribution is 2.28. The van der Waals surface area contributed by atoms with Crippen LogP contribution in [0.2, 0.25) is 0 Å². The number of rotatable bonds is 10. The molecule has 0 saturated carbocycles. The minimum atomic E-state index is -2.29. The normalized spacial score (nSPS) is 15.2. The Morgan fingerprint density at radius 1 is 1.07 bits per heavy atom. The average molecular weight is 579 g/mol. The Balaban J connectivity index is 1.22. The number of likely N-dealkylation sites (tertiary alicyclic amines) is 1. The smallest absolute Gasteiger partial charge is 0.254 e. The minimum absolute atomic E-state index is 0.0200. The van der Waals surface area contributed by atoms with Crippen LogP contribution in [0.4, 0.5) is 19.0 Å². The van der Waals surface area contributed by atoms with E-state index in [0.717, 1.165) is 42.4 Å². The highest BCUT2D eigenvalue weighted by atomic mass is 19.3. The SMILES string of the molecule is CNC(=O)c1c(F)cnc2c([C@H](C)CNc3cc(-c4cnc(CC5CCN(CC(F)F)CC5)nc4)ncn3)cccc12. The first kappa shape index (κ1) is 29.3. The number of halogens is 3. The van der Waals surface area contributed by atoms with Crippen molar-refractivity contribution in [3.8, 4) is 11.3 Å². The van der Waals surface area contributed by atoms with Crippen molar-refractivity contribution < 1.29 is 18.0 Å². The summed E-state index contributed by atoms with van der Waals surface area (Å²) in [7, 11) is 1.47. The first-order valence-corrected chi connectivity index (χ1v) is 14.0. The van der Waals surface area contributed by atoms with Crippen LogP contribution in [0, 0.1) is 11.7 Å². The Labute approximate surface area is 242 Å². The maximum Gasteiger partial charge on any atom is 0.254 e. The number of piperidine rings is 1. The van der Waals surface area contributed by atoms with Crippen molar-refractivity contribution in [3.05, 3.63) is 72.0 Å². The molecule has 3 aromatic heterocycles. The van der Waals surface area contributed by atoms with E-state index in [0.29, 0.717) is 48.0 Å². The Bertz CT molecular complexity index is 1530. The molecule has 1 amide bonds. The molecule has 0 bridgehead atoms. The molecule has 12 heteroatoms. The van der Waals surface area contributed by atoms with Crippen LogP contribution >= 0.6 is 0 Å². The molecule has 4 aromatic rings. The number of para-hydroxylation sites is 1. The topological polar surface area (TPSA) is 109 Å². The summed E-state index contributed by atoms with van der Waals surface area (Å²) in [5, 5.41) is 6.29. The Kier molecular flexibility index (Phi) is 9.21. The summed E-state index contributed by atoms with van der Waals surface area (Å²) < 4.78 is 39.7. The highest BCUT2D eigenvalue weighted by Gasteiger charge is 2.23. The zero-order valence-corrected chi connectivity index (χ0v) is 23.5. The van der Waals surface area contributed by atoms with Gasteiger partial charge in [0.1, 0.15) is 18.0 Å². The number of amides is 1. The largest absolute Gasteiger partial charge is 0.369 e. The van der Waals surface area contributed by atoms with Gasteiger partial charge in [0, 0.05) is 55.3 Å². The molecule has 0 unspecified atom stereocenters. The van der Waals surface area contributed by atoms with Crippen LogP contribution in [-0.4, -0.2) is 75.4 Å². The minimum Gasteiger partial charge on any atom is -0.369 e. The predicted octanol–water partition coefficient (Wildman–Crippen LogP) is 4.72. The lowest BCUT2D eigenvalue weighted by Gasteiger charge is -2.31. The fourth-order valence-corrected chi connectivity index (χ4v) is 5.37. The molecule has 42 heavy (non-hydrogen) atoms. The van der Waals surface area contributed by atoms with E-state index in [1.54, 1.807) is 24.5 Å². The van der Waals surface area contributed by atoms with E-state index in [9.17, 15) is 18.0 Å². The van der Waals surface area contributed by atoms with Crippen LogP contribution in [0.5, 0.6) is 0 Å². The second kappa shape index (κ2) is 13.2. The monoisotopic (exact) mass is 578 g/mol. The molecule has 0 radical (unpaired) electrons. The van der Waals surface area contributed by atoms with Gasteiger partial charge in [-0.25, -0.2) is 33.1 Å². The van der Waals surface area contributed by atoms with Gasteiger partial charge in [-0.15, -0.1) is 0 Å². The molecular formula is C30H33F3N8O. The third-order valence-corrected chi connectivity index (χ3v) is 7.70. The average Bonchev–Trinajstić information content (AvgIpc) is 3.00. The Morgan fingerprint density at radius 2 is 1.83 bits per heavy atom. The number of fused-ring (bicyclic) bond motifs is 1. The number of carbonyl (C=O) groups is 1. The molecule has 1 aliphatic heterocycles. The van der Waals surface area contributed by atoms with Crippen molar-refractivity contribution in [1.29, 1.82) is 0 Å². The van der Waals surface area contributed by atoms with E-state index < -0.39 is 18.1 Å². The first-order chi connectivity index (χ1) is 20.3. The number of carbonyl (C=O) groups excluding carboxylic acids is 1. The molecule has 220 valence electrons. The van der Waals surface area contributed by atoms with Crippen LogP contribution < -0.4 is 10.6 Å². The fraction of sp³-hybridized carbons (Fsp3) is 0.400. The second-order valence-electron chi connectivity index (χ2n) is 10.6. The molecule has 0 aliphatic carbocycles. The van der Waals surface area contributed by atoms with E-state index in [-0.39, 0.29) is 18.0 Å². The van der Waals surface area contributed by atoms with Gasteiger partial charge in [0.15, 0.2) is 5.82 Å². The van der Waals surface area contributed by atoms with Gasteiger partial charge >= 0.3 is 0 Å². The number of nitrogens with zero attached hydrogens (tertiary/aromatic N) is 6. The van der Waals surface area contributed by atoms with Crippen molar-refractivity contribution in [2.75, 3.05) is 38.5 Å². The van der Waals surface area contributed by atoms with Crippen LogP contribution in [-0.2, 0) is 6.42 Å². The van der Waals surface area contributed by atoms with E-state index in [4.69, 9.17) is 0 Å². The van der Waals surface area contributed by atoms with E-state index >= 15 is 0 Å². The number of aromatic nitrogens is 5. The maximum absolute atomic E-state index is 14.4. The van der Waals surface area contributed by atoms with Gasteiger partial charge in [-0.2, -0.15) is 0 Å². The molecule has 1 aliphatic rings. The number of anilines is 1. The van der Waals surface area contributed by atoms with Crippen LogP contribution in [0.1, 0.15) is 47.4 Å². The Hall–Kier alpha value is -4.19. The lowest BCUT2D eigenvalue weighted by atomic mass is 9.93. The summed E-state index contributed by atoms with van der Waals surface area (Å²) in [6.07, 6.45) is 6.19. The van der Waals surface area contributed by atoms with E-state index in [2.05, 4.69) is 35.6 Å². The molecule has 0 spiro atoms. The molecule has 5 rings (SSSR count). The number of alkyl halides is 2. The molecule has 1 saturated heterocycles. The lowest BCUT2D eigenvalue weighted by molar-refractivity contribution is 0.0688. The standard InChI is InChI=1S/C30H33F3N8O/c1-18(21-4-3-5-22-28(30(42)34-2)23(31)15-38-29(21)22)12-35-27-11-24(39-17-40-27)20-13-36-26(37-14-20)10-19-6-8-41(9-7-19)16-25(32)33/h3-5,11,13-15,17-19,25H,6-10,12,16H2,1-2H3,(H,34,42)(H,35,39,40)/t18-/m1/s1. The number of pyridine rings is 1. The molecule has 2 N–H and O–H groups in total. The van der Waals surface area contributed by atoms with Crippen LogP contribution in [0.25, 0.3) is 22.2 Å². The van der Waals surface area contributed by atoms with Gasteiger partial charge in [0.2, 0.25) is 0 Å². The van der Waals surface area contributed by atoms with E-state index in [1.807, 2.05) is 24.0 Å². The second-order valence-corrected chi connectivity index (χ2v) is 10.6. The van der Waals surface area contributed by atoms with Crippen molar-refractivity contribution in [1.82, 2.24) is 35.1 Å². The number of nitrogens with one attached hydrogen (secondary N) is 2. The zero-order valence-electron chi connectivity index (χ0n) is 23.5.